The molecule has 7 aromatic carbocycles. The van der Waals surface area contributed by atoms with Gasteiger partial charge in [-0.2, -0.15) is 0 Å². The van der Waals surface area contributed by atoms with E-state index >= 15 is 0 Å². The van der Waals surface area contributed by atoms with E-state index < -0.39 is 0 Å². The molecule has 0 aliphatic rings. The standard InChI is InChI=1S/C39H24N2O2/c1-2-12-28(13-3-1)41(29-19-17-25-9-4-5-11-27(25)23-29)30-20-21-32-36(24-30)42-35-16-8-15-33(37(32)35)39-40-34-22-18-26-10-6-7-14-31(26)38(34)43-39/h1-24H. The Balaban J connectivity index is 1.22. The summed E-state index contributed by atoms with van der Waals surface area (Å²) in [6, 6.07) is 50.3. The number of hydrogen-bond acceptors (Lipinski definition) is 4. The lowest BCUT2D eigenvalue weighted by molar-refractivity contribution is 0.623. The van der Waals surface area contributed by atoms with Crippen LogP contribution in [0.4, 0.5) is 17.1 Å². The van der Waals surface area contributed by atoms with Gasteiger partial charge in [-0.1, -0.05) is 84.9 Å². The maximum Gasteiger partial charge on any atom is 0.228 e. The maximum atomic E-state index is 6.50. The fourth-order valence-corrected chi connectivity index (χ4v) is 6.24. The van der Waals surface area contributed by atoms with Gasteiger partial charge in [-0.3, -0.25) is 0 Å². The van der Waals surface area contributed by atoms with Gasteiger partial charge in [0.25, 0.3) is 0 Å². The molecule has 0 spiro atoms. The van der Waals surface area contributed by atoms with E-state index in [1.165, 1.54) is 10.8 Å². The number of hydrogen-bond donors (Lipinski definition) is 0. The minimum atomic E-state index is 0.589. The molecule has 0 unspecified atom stereocenters. The van der Waals surface area contributed by atoms with Gasteiger partial charge in [0.15, 0.2) is 5.58 Å². The number of rotatable bonds is 4. The van der Waals surface area contributed by atoms with Crippen molar-refractivity contribution in [1.29, 1.82) is 0 Å². The first kappa shape index (κ1) is 23.8. The van der Waals surface area contributed by atoms with Crippen LogP contribution in [-0.2, 0) is 0 Å². The second-order valence-electron chi connectivity index (χ2n) is 10.8. The quantitative estimate of drug-likeness (QED) is 0.218. The Hall–Kier alpha value is -5.87. The lowest BCUT2D eigenvalue weighted by Crippen LogP contribution is -2.09. The molecule has 2 aromatic heterocycles. The molecular formula is C39H24N2O2. The number of para-hydroxylation sites is 1. The van der Waals surface area contributed by atoms with Gasteiger partial charge in [0, 0.05) is 44.9 Å². The summed E-state index contributed by atoms with van der Waals surface area (Å²) in [7, 11) is 0. The predicted octanol–water partition coefficient (Wildman–Crippen LogP) is 11.2. The third kappa shape index (κ3) is 3.81. The van der Waals surface area contributed by atoms with Crippen LogP contribution in [0.25, 0.3) is 66.0 Å². The zero-order valence-electron chi connectivity index (χ0n) is 23.1. The van der Waals surface area contributed by atoms with E-state index in [9.17, 15) is 0 Å². The number of nitrogens with zero attached hydrogens (tertiary/aromatic N) is 2. The van der Waals surface area contributed by atoms with Crippen LogP contribution in [0.1, 0.15) is 0 Å². The van der Waals surface area contributed by atoms with Gasteiger partial charge in [0.2, 0.25) is 5.89 Å². The van der Waals surface area contributed by atoms with Crippen LogP contribution in [-0.4, -0.2) is 4.98 Å². The van der Waals surface area contributed by atoms with Gasteiger partial charge in [0.05, 0.1) is 0 Å². The first-order valence-electron chi connectivity index (χ1n) is 14.4. The van der Waals surface area contributed by atoms with Crippen molar-refractivity contribution in [3.63, 3.8) is 0 Å². The van der Waals surface area contributed by atoms with Crippen molar-refractivity contribution in [1.82, 2.24) is 4.98 Å². The topological polar surface area (TPSA) is 42.4 Å². The number of furan rings is 1. The minimum Gasteiger partial charge on any atom is -0.456 e. The van der Waals surface area contributed by atoms with E-state index in [0.29, 0.717) is 5.89 Å². The molecule has 0 aliphatic carbocycles. The van der Waals surface area contributed by atoms with E-state index in [2.05, 4.69) is 114 Å². The first-order chi connectivity index (χ1) is 21.3. The Kier molecular flexibility index (Phi) is 5.16. The lowest BCUT2D eigenvalue weighted by atomic mass is 10.0. The molecule has 0 amide bonds. The van der Waals surface area contributed by atoms with Gasteiger partial charge in [-0.15, -0.1) is 0 Å². The van der Waals surface area contributed by atoms with Crippen LogP contribution in [0.5, 0.6) is 0 Å². The summed E-state index contributed by atoms with van der Waals surface area (Å²) in [5, 5.41) is 6.62. The summed E-state index contributed by atoms with van der Waals surface area (Å²) < 4.78 is 12.9. The zero-order chi connectivity index (χ0) is 28.3. The molecule has 2 heterocycles. The molecule has 9 rings (SSSR count). The number of fused-ring (bicyclic) bond motifs is 7. The minimum absolute atomic E-state index is 0.589. The Labute approximate surface area is 247 Å². The van der Waals surface area contributed by atoms with Crippen molar-refractivity contribution in [3.05, 3.63) is 146 Å². The highest BCUT2D eigenvalue weighted by Gasteiger charge is 2.20. The molecule has 0 N–H and O–H groups in total. The van der Waals surface area contributed by atoms with Gasteiger partial charge in [-0.25, -0.2) is 4.98 Å². The van der Waals surface area contributed by atoms with Crippen molar-refractivity contribution in [2.24, 2.45) is 0 Å². The fraction of sp³-hybridized carbons (Fsp3) is 0. The Bertz CT molecular complexity index is 2470. The number of oxazole rings is 1. The second kappa shape index (κ2) is 9.33. The second-order valence-corrected chi connectivity index (χ2v) is 10.8. The van der Waals surface area contributed by atoms with Crippen LogP contribution in [0, 0.1) is 0 Å². The number of aromatic nitrogens is 1. The average molecular weight is 553 g/mol. The molecule has 0 fully saturated rings. The van der Waals surface area contributed by atoms with Gasteiger partial charge in [0.1, 0.15) is 16.7 Å². The summed E-state index contributed by atoms with van der Waals surface area (Å²) >= 11 is 0. The molecule has 4 nitrogen and oxygen atoms in total. The molecule has 0 radical (unpaired) electrons. The third-order valence-corrected chi connectivity index (χ3v) is 8.25. The molecule has 0 aliphatic heterocycles. The Morgan fingerprint density at radius 1 is 0.465 bits per heavy atom. The predicted molar refractivity (Wildman–Crippen MR) is 176 cm³/mol. The smallest absolute Gasteiger partial charge is 0.228 e. The van der Waals surface area contributed by atoms with Crippen LogP contribution < -0.4 is 4.90 Å². The van der Waals surface area contributed by atoms with Crippen molar-refractivity contribution in [2.45, 2.75) is 0 Å². The van der Waals surface area contributed by atoms with E-state index in [1.807, 2.05) is 36.4 Å². The summed E-state index contributed by atoms with van der Waals surface area (Å²) in [5.74, 6) is 0.589. The highest BCUT2D eigenvalue weighted by atomic mass is 16.3. The molecule has 0 saturated carbocycles. The largest absolute Gasteiger partial charge is 0.456 e. The summed E-state index contributed by atoms with van der Waals surface area (Å²) in [5.41, 5.74) is 7.34. The average Bonchev–Trinajstić information content (AvgIpc) is 3.67. The van der Waals surface area contributed by atoms with Crippen molar-refractivity contribution >= 4 is 71.6 Å². The molecule has 4 heteroatoms. The first-order valence-corrected chi connectivity index (χ1v) is 14.4. The number of benzene rings is 7. The molecule has 202 valence electrons. The van der Waals surface area contributed by atoms with Crippen LogP contribution in [0.15, 0.2) is 154 Å². The molecule has 9 aromatic rings. The summed E-state index contributed by atoms with van der Waals surface area (Å²) in [6.45, 7) is 0. The number of anilines is 3. The molecule has 0 saturated heterocycles. The Morgan fingerprint density at radius 2 is 1.21 bits per heavy atom. The zero-order valence-corrected chi connectivity index (χ0v) is 23.1. The van der Waals surface area contributed by atoms with Crippen molar-refractivity contribution < 1.29 is 8.83 Å². The monoisotopic (exact) mass is 552 g/mol. The van der Waals surface area contributed by atoms with Gasteiger partial charge >= 0.3 is 0 Å². The van der Waals surface area contributed by atoms with Gasteiger partial charge in [-0.05, 0) is 70.8 Å². The van der Waals surface area contributed by atoms with E-state index in [-0.39, 0.29) is 0 Å². The fourth-order valence-electron chi connectivity index (χ4n) is 6.24. The van der Waals surface area contributed by atoms with Crippen molar-refractivity contribution in [3.8, 4) is 11.5 Å². The lowest BCUT2D eigenvalue weighted by Gasteiger charge is -2.25. The highest BCUT2D eigenvalue weighted by Crippen LogP contribution is 2.42. The third-order valence-electron chi connectivity index (χ3n) is 8.25. The molecule has 0 bridgehead atoms. The summed E-state index contributed by atoms with van der Waals surface area (Å²) in [6.07, 6.45) is 0. The molecule has 43 heavy (non-hydrogen) atoms. The maximum absolute atomic E-state index is 6.50. The molecular weight excluding hydrogens is 528 g/mol. The van der Waals surface area contributed by atoms with Crippen molar-refractivity contribution in [2.75, 3.05) is 4.90 Å². The van der Waals surface area contributed by atoms with Crippen LogP contribution >= 0.6 is 0 Å². The SMILES string of the molecule is c1ccc(N(c2ccc3ccccc3c2)c2ccc3c(c2)oc2cccc(-c4nc5ccc6ccccc6c5o4)c23)cc1. The van der Waals surface area contributed by atoms with Gasteiger partial charge < -0.3 is 13.7 Å². The van der Waals surface area contributed by atoms with Crippen LogP contribution in [0.3, 0.4) is 0 Å². The molecule has 0 atom stereocenters. The normalized spacial score (nSPS) is 11.7. The van der Waals surface area contributed by atoms with E-state index in [4.69, 9.17) is 13.8 Å². The highest BCUT2D eigenvalue weighted by molar-refractivity contribution is 6.13. The van der Waals surface area contributed by atoms with Crippen LogP contribution in [0.2, 0.25) is 0 Å². The summed E-state index contributed by atoms with van der Waals surface area (Å²) in [4.78, 5) is 7.17. The Morgan fingerprint density at radius 3 is 2.12 bits per heavy atom. The van der Waals surface area contributed by atoms with E-state index in [1.54, 1.807) is 0 Å². The van der Waals surface area contributed by atoms with E-state index in [0.717, 1.165) is 66.4 Å².